The first-order chi connectivity index (χ1) is 3.72. The van der Waals surface area contributed by atoms with Gasteiger partial charge in [-0.25, -0.2) is 4.79 Å². The molecule has 0 aromatic rings. The predicted molar refractivity (Wildman–Crippen MR) is 31.7 cm³/mol. The van der Waals surface area contributed by atoms with Crippen LogP contribution in [0.15, 0.2) is 11.1 Å². The van der Waals surface area contributed by atoms with Crippen molar-refractivity contribution in [2.45, 2.75) is 0 Å². The standard InChI is InChI=1S/C3H6N2O2S/c4-1-2(8-5)3(6)7/h1H,4-5H2,(H,6,7)/b2-1-. The van der Waals surface area contributed by atoms with E-state index in [1.165, 1.54) is 0 Å². The molecule has 5 heteroatoms. The van der Waals surface area contributed by atoms with Crippen LogP contribution in [0.5, 0.6) is 0 Å². The van der Waals surface area contributed by atoms with Crippen molar-refractivity contribution in [3.63, 3.8) is 0 Å². The lowest BCUT2D eigenvalue weighted by atomic mass is 10.6. The lowest BCUT2D eigenvalue weighted by molar-refractivity contribution is -0.131. The summed E-state index contributed by atoms with van der Waals surface area (Å²) in [5.41, 5.74) is 4.84. The molecule has 0 unspecified atom stereocenters. The van der Waals surface area contributed by atoms with Gasteiger partial charge in [-0.05, 0) is 11.9 Å². The highest BCUT2D eigenvalue weighted by Crippen LogP contribution is 2.03. The molecule has 0 aromatic heterocycles. The minimum Gasteiger partial charge on any atom is -0.477 e. The summed E-state index contributed by atoms with van der Waals surface area (Å²) in [6.07, 6.45) is 0.951. The molecule has 0 radical (unpaired) electrons. The van der Waals surface area contributed by atoms with Gasteiger partial charge in [-0.2, -0.15) is 0 Å². The van der Waals surface area contributed by atoms with Crippen molar-refractivity contribution < 1.29 is 9.90 Å². The van der Waals surface area contributed by atoms with Crippen LogP contribution in [0.1, 0.15) is 0 Å². The minimum atomic E-state index is -1.10. The zero-order chi connectivity index (χ0) is 6.57. The van der Waals surface area contributed by atoms with Gasteiger partial charge in [0.05, 0.1) is 0 Å². The normalized spacial score (nSPS) is 11.4. The van der Waals surface area contributed by atoms with E-state index in [0.29, 0.717) is 11.9 Å². The van der Waals surface area contributed by atoms with E-state index in [0.717, 1.165) is 6.20 Å². The van der Waals surface area contributed by atoms with Crippen LogP contribution in [0.2, 0.25) is 0 Å². The fourth-order valence-corrected chi connectivity index (χ4v) is 0.340. The zero-order valence-corrected chi connectivity index (χ0v) is 4.81. The van der Waals surface area contributed by atoms with Crippen LogP contribution in [0.3, 0.4) is 0 Å². The summed E-state index contributed by atoms with van der Waals surface area (Å²) in [7, 11) is 0. The molecule has 0 atom stereocenters. The van der Waals surface area contributed by atoms with E-state index in [1.807, 2.05) is 0 Å². The molecule has 0 bridgehead atoms. The Morgan fingerprint density at radius 1 is 1.75 bits per heavy atom. The highest BCUT2D eigenvalue weighted by atomic mass is 32.2. The molecule has 0 heterocycles. The lowest BCUT2D eigenvalue weighted by Crippen LogP contribution is -2.01. The third kappa shape index (κ3) is 1.85. The molecular weight excluding hydrogens is 128 g/mol. The Labute approximate surface area is 50.7 Å². The molecule has 4 nitrogen and oxygen atoms in total. The second kappa shape index (κ2) is 3.34. The number of rotatable bonds is 2. The molecule has 0 spiro atoms. The van der Waals surface area contributed by atoms with Gasteiger partial charge in [0.1, 0.15) is 4.91 Å². The van der Waals surface area contributed by atoms with Gasteiger partial charge in [-0.1, -0.05) is 0 Å². The second-order valence-corrected chi connectivity index (χ2v) is 1.63. The summed E-state index contributed by atoms with van der Waals surface area (Å²) in [4.78, 5) is 9.86. The fourth-order valence-electron chi connectivity index (χ4n) is 0.161. The second-order valence-electron chi connectivity index (χ2n) is 0.954. The van der Waals surface area contributed by atoms with Gasteiger partial charge in [0, 0.05) is 6.20 Å². The van der Waals surface area contributed by atoms with Crippen LogP contribution < -0.4 is 10.9 Å². The Morgan fingerprint density at radius 3 is 2.25 bits per heavy atom. The lowest BCUT2D eigenvalue weighted by Gasteiger charge is -1.90. The summed E-state index contributed by atoms with van der Waals surface area (Å²) in [5, 5.41) is 13.0. The maximum atomic E-state index is 9.91. The molecule has 0 fully saturated rings. The van der Waals surface area contributed by atoms with Gasteiger partial charge in [0.15, 0.2) is 0 Å². The molecule has 0 aliphatic heterocycles. The topological polar surface area (TPSA) is 89.3 Å². The first-order valence-corrected chi connectivity index (χ1v) is 2.62. The van der Waals surface area contributed by atoms with E-state index in [-0.39, 0.29) is 4.91 Å². The van der Waals surface area contributed by atoms with Gasteiger partial charge >= 0.3 is 5.97 Å². The molecule has 0 aromatic carbocycles. The third-order valence-corrected chi connectivity index (χ3v) is 1.05. The summed E-state index contributed by atoms with van der Waals surface area (Å²) < 4.78 is 0. The first kappa shape index (κ1) is 7.32. The number of carboxylic acids is 1. The minimum absolute atomic E-state index is 0.0509. The Hall–Kier alpha value is -0.680. The molecule has 8 heavy (non-hydrogen) atoms. The van der Waals surface area contributed by atoms with Crippen molar-refractivity contribution in [2.24, 2.45) is 10.9 Å². The fraction of sp³-hybridized carbons (Fsp3) is 0. The van der Waals surface area contributed by atoms with Crippen LogP contribution >= 0.6 is 11.9 Å². The van der Waals surface area contributed by atoms with Gasteiger partial charge in [-0.3, -0.25) is 5.14 Å². The van der Waals surface area contributed by atoms with Gasteiger partial charge in [0.2, 0.25) is 0 Å². The number of nitrogens with two attached hydrogens (primary N) is 2. The molecule has 0 rings (SSSR count). The highest BCUT2D eigenvalue weighted by molar-refractivity contribution is 8.01. The number of aliphatic carboxylic acids is 1. The smallest absolute Gasteiger partial charge is 0.344 e. The number of hydrogen-bond acceptors (Lipinski definition) is 4. The van der Waals surface area contributed by atoms with Crippen molar-refractivity contribution in [2.75, 3.05) is 0 Å². The van der Waals surface area contributed by atoms with E-state index >= 15 is 0 Å². The van der Waals surface area contributed by atoms with Crippen molar-refractivity contribution in [3.8, 4) is 0 Å². The van der Waals surface area contributed by atoms with Gasteiger partial charge < -0.3 is 10.8 Å². The molecule has 46 valence electrons. The Kier molecular flexibility index (Phi) is 3.05. The summed E-state index contributed by atoms with van der Waals surface area (Å²) in [6.45, 7) is 0. The van der Waals surface area contributed by atoms with E-state index < -0.39 is 5.97 Å². The average Bonchev–Trinajstić information content (AvgIpc) is 1.69. The zero-order valence-electron chi connectivity index (χ0n) is 4.00. The molecule has 5 N–H and O–H groups in total. The molecule has 0 amide bonds. The van der Waals surface area contributed by atoms with Crippen molar-refractivity contribution in [1.29, 1.82) is 0 Å². The van der Waals surface area contributed by atoms with E-state index in [4.69, 9.17) is 16.0 Å². The van der Waals surface area contributed by atoms with Gasteiger partial charge in [0.25, 0.3) is 0 Å². The van der Waals surface area contributed by atoms with Crippen molar-refractivity contribution in [1.82, 2.24) is 0 Å². The Bertz CT molecular complexity index is 122. The quantitative estimate of drug-likeness (QED) is 0.349. The van der Waals surface area contributed by atoms with Crippen LogP contribution in [-0.2, 0) is 4.79 Å². The summed E-state index contributed by atoms with van der Waals surface area (Å²) >= 11 is 0.615. The van der Waals surface area contributed by atoms with Crippen LogP contribution in [0.25, 0.3) is 0 Å². The molecule has 0 aliphatic rings. The number of carbonyl (C=O) groups is 1. The number of carboxylic acid groups (broad SMARTS) is 1. The number of hydrogen-bond donors (Lipinski definition) is 3. The summed E-state index contributed by atoms with van der Waals surface area (Å²) in [6, 6.07) is 0. The van der Waals surface area contributed by atoms with Crippen molar-refractivity contribution in [3.05, 3.63) is 11.1 Å². The van der Waals surface area contributed by atoms with Gasteiger partial charge in [-0.15, -0.1) is 0 Å². The maximum Gasteiger partial charge on any atom is 0.344 e. The SMILES string of the molecule is N/C=C(\SN)C(=O)O. The molecule has 0 aliphatic carbocycles. The third-order valence-electron chi connectivity index (χ3n) is 0.489. The molecular formula is C3H6N2O2S. The highest BCUT2D eigenvalue weighted by Gasteiger charge is 2.02. The Morgan fingerprint density at radius 2 is 2.25 bits per heavy atom. The Balaban J connectivity index is 3.92. The van der Waals surface area contributed by atoms with Crippen LogP contribution in [0, 0.1) is 0 Å². The largest absolute Gasteiger partial charge is 0.477 e. The summed E-state index contributed by atoms with van der Waals surface area (Å²) in [5.74, 6) is -1.10. The molecule has 0 saturated heterocycles. The van der Waals surface area contributed by atoms with E-state index in [2.05, 4.69) is 0 Å². The predicted octanol–water partition coefficient (Wildman–Crippen LogP) is -0.522. The first-order valence-electron chi connectivity index (χ1n) is 1.74. The van der Waals surface area contributed by atoms with E-state index in [1.54, 1.807) is 0 Å². The van der Waals surface area contributed by atoms with Crippen molar-refractivity contribution >= 4 is 17.9 Å². The van der Waals surface area contributed by atoms with Crippen LogP contribution in [0.4, 0.5) is 0 Å². The van der Waals surface area contributed by atoms with Crippen LogP contribution in [-0.4, -0.2) is 11.1 Å². The molecule has 0 saturated carbocycles. The van der Waals surface area contributed by atoms with E-state index in [9.17, 15) is 4.79 Å². The average molecular weight is 134 g/mol. The maximum absolute atomic E-state index is 9.91. The monoisotopic (exact) mass is 134 g/mol.